The van der Waals surface area contributed by atoms with Gasteiger partial charge in [0.15, 0.2) is 0 Å². The van der Waals surface area contributed by atoms with Crippen molar-refractivity contribution < 1.29 is 9.90 Å². The molecule has 0 unspecified atom stereocenters. The fraction of sp³-hybridized carbons (Fsp3) is 0.647. The predicted octanol–water partition coefficient (Wildman–Crippen LogP) is 2.77. The third-order valence-corrected chi connectivity index (χ3v) is 4.77. The minimum atomic E-state index is -0.556. The van der Waals surface area contributed by atoms with Crippen molar-refractivity contribution in [3.05, 3.63) is 30.1 Å². The molecule has 0 radical (unpaired) electrons. The van der Waals surface area contributed by atoms with Gasteiger partial charge in [0.25, 0.3) is 0 Å². The molecular weight excluding hydrogens is 278 g/mol. The number of hydrogen-bond donors (Lipinski definition) is 3. The van der Waals surface area contributed by atoms with Gasteiger partial charge in [-0.2, -0.15) is 0 Å². The highest BCUT2D eigenvalue weighted by Crippen LogP contribution is 2.32. The van der Waals surface area contributed by atoms with Crippen LogP contribution in [0.1, 0.15) is 57.6 Å². The molecule has 5 nitrogen and oxygen atoms in total. The molecule has 122 valence electrons. The highest BCUT2D eigenvalue weighted by molar-refractivity contribution is 5.75. The summed E-state index contributed by atoms with van der Waals surface area (Å²) in [6.07, 6.45) is 9.19. The van der Waals surface area contributed by atoms with Gasteiger partial charge in [0.1, 0.15) is 0 Å². The Morgan fingerprint density at radius 2 is 2.18 bits per heavy atom. The van der Waals surface area contributed by atoms with E-state index in [2.05, 4.69) is 15.6 Å². The first-order valence-corrected chi connectivity index (χ1v) is 8.14. The predicted molar refractivity (Wildman–Crippen MR) is 86.4 cm³/mol. The van der Waals surface area contributed by atoms with Crippen LogP contribution >= 0.6 is 0 Å². The first-order chi connectivity index (χ1) is 10.5. The monoisotopic (exact) mass is 305 g/mol. The van der Waals surface area contributed by atoms with Gasteiger partial charge in [-0.25, -0.2) is 4.79 Å². The van der Waals surface area contributed by atoms with E-state index in [0.29, 0.717) is 5.92 Å². The minimum Gasteiger partial charge on any atom is -0.394 e. The van der Waals surface area contributed by atoms with Crippen LogP contribution in [0.2, 0.25) is 0 Å². The molecule has 1 aliphatic rings. The zero-order valence-electron chi connectivity index (χ0n) is 13.5. The van der Waals surface area contributed by atoms with Gasteiger partial charge in [0, 0.05) is 12.4 Å². The first kappa shape index (κ1) is 16.7. The Balaban J connectivity index is 1.94. The number of aliphatic hydroxyl groups excluding tert-OH is 1. The third-order valence-electron chi connectivity index (χ3n) is 4.77. The fourth-order valence-electron chi connectivity index (χ4n) is 3.22. The minimum absolute atomic E-state index is 0.0354. The van der Waals surface area contributed by atoms with E-state index < -0.39 is 5.54 Å². The molecule has 1 heterocycles. The quantitative estimate of drug-likeness (QED) is 0.783. The number of urea groups is 1. The Morgan fingerprint density at radius 3 is 2.77 bits per heavy atom. The van der Waals surface area contributed by atoms with Crippen LogP contribution in [0.25, 0.3) is 0 Å². The van der Waals surface area contributed by atoms with Gasteiger partial charge in [0.2, 0.25) is 0 Å². The lowest BCUT2D eigenvalue weighted by Crippen LogP contribution is -2.57. The van der Waals surface area contributed by atoms with Crippen molar-refractivity contribution in [2.24, 2.45) is 5.92 Å². The van der Waals surface area contributed by atoms with Crippen LogP contribution in [-0.4, -0.2) is 28.3 Å². The van der Waals surface area contributed by atoms with Gasteiger partial charge in [-0.05, 0) is 44.2 Å². The molecule has 0 saturated heterocycles. The van der Waals surface area contributed by atoms with Crippen LogP contribution in [0.15, 0.2) is 24.5 Å². The number of carbonyl (C=O) groups excluding carboxylic acids is 1. The van der Waals surface area contributed by atoms with Gasteiger partial charge in [0.05, 0.1) is 18.2 Å². The molecule has 2 amide bonds. The van der Waals surface area contributed by atoms with Gasteiger partial charge >= 0.3 is 6.03 Å². The Hall–Kier alpha value is -1.62. The first-order valence-electron chi connectivity index (χ1n) is 8.14. The number of amides is 2. The van der Waals surface area contributed by atoms with Crippen molar-refractivity contribution in [1.29, 1.82) is 0 Å². The molecule has 5 heteroatoms. The van der Waals surface area contributed by atoms with Crippen LogP contribution in [-0.2, 0) is 0 Å². The number of aliphatic hydroxyl groups is 1. The average Bonchev–Trinajstić information content (AvgIpc) is 2.56. The summed E-state index contributed by atoms with van der Waals surface area (Å²) >= 11 is 0. The van der Waals surface area contributed by atoms with E-state index in [-0.39, 0.29) is 18.7 Å². The molecule has 3 N–H and O–H groups in total. The molecule has 1 aromatic rings. The summed E-state index contributed by atoms with van der Waals surface area (Å²) in [5.41, 5.74) is 0.403. The third kappa shape index (κ3) is 4.19. The molecule has 1 aliphatic carbocycles. The van der Waals surface area contributed by atoms with Crippen molar-refractivity contribution in [3.8, 4) is 0 Å². The van der Waals surface area contributed by atoms with Crippen LogP contribution in [0.3, 0.4) is 0 Å². The molecule has 1 fully saturated rings. The Labute approximate surface area is 132 Å². The molecule has 1 saturated carbocycles. The second-order valence-electron chi connectivity index (χ2n) is 6.52. The van der Waals surface area contributed by atoms with Gasteiger partial charge in [-0.3, -0.25) is 4.98 Å². The number of nitrogens with one attached hydrogen (secondary N) is 2. The Bertz CT molecular complexity index is 474. The number of nitrogens with zero attached hydrogens (tertiary/aromatic N) is 1. The lowest BCUT2D eigenvalue weighted by molar-refractivity contribution is 0.101. The summed E-state index contributed by atoms with van der Waals surface area (Å²) in [6, 6.07) is 3.43. The second kappa shape index (κ2) is 7.58. The molecule has 0 aliphatic heterocycles. The molecule has 1 aromatic heterocycles. The zero-order chi connectivity index (χ0) is 16.0. The smallest absolute Gasteiger partial charge is 0.315 e. The molecule has 0 spiro atoms. The van der Waals surface area contributed by atoms with E-state index in [1.54, 1.807) is 12.4 Å². The fourth-order valence-corrected chi connectivity index (χ4v) is 3.22. The van der Waals surface area contributed by atoms with E-state index >= 15 is 0 Å². The molecule has 2 rings (SSSR count). The van der Waals surface area contributed by atoms with Gasteiger partial charge in [-0.15, -0.1) is 0 Å². The van der Waals surface area contributed by atoms with E-state index in [4.69, 9.17) is 0 Å². The van der Waals surface area contributed by atoms with E-state index in [9.17, 15) is 9.90 Å². The van der Waals surface area contributed by atoms with Crippen LogP contribution < -0.4 is 10.6 Å². The van der Waals surface area contributed by atoms with Gasteiger partial charge in [-0.1, -0.05) is 25.3 Å². The average molecular weight is 305 g/mol. The summed E-state index contributed by atoms with van der Waals surface area (Å²) in [6.45, 7) is 3.83. The molecule has 2 atom stereocenters. The maximum Gasteiger partial charge on any atom is 0.315 e. The number of carbonyl (C=O) groups is 1. The number of pyridine rings is 1. The highest BCUT2D eigenvalue weighted by atomic mass is 16.3. The van der Waals surface area contributed by atoms with E-state index in [1.165, 1.54) is 19.3 Å². The van der Waals surface area contributed by atoms with Crippen molar-refractivity contribution in [1.82, 2.24) is 15.6 Å². The Kier molecular flexibility index (Phi) is 5.77. The topological polar surface area (TPSA) is 74.2 Å². The van der Waals surface area contributed by atoms with E-state index in [1.807, 2.05) is 26.0 Å². The van der Waals surface area contributed by atoms with Crippen LogP contribution in [0.5, 0.6) is 0 Å². The largest absolute Gasteiger partial charge is 0.394 e. The number of aromatic nitrogens is 1. The molecule has 0 aromatic carbocycles. The SMILES string of the molecule is C[C@@H](NC(=O)N[C@@](C)(CO)C1CCCCC1)c1cccnc1. The van der Waals surface area contributed by atoms with Crippen molar-refractivity contribution >= 4 is 6.03 Å². The van der Waals surface area contributed by atoms with Crippen molar-refractivity contribution in [3.63, 3.8) is 0 Å². The maximum absolute atomic E-state index is 12.3. The maximum atomic E-state index is 12.3. The van der Waals surface area contributed by atoms with Crippen molar-refractivity contribution in [2.75, 3.05) is 6.61 Å². The summed E-state index contributed by atoms with van der Waals surface area (Å²) in [5, 5.41) is 15.7. The van der Waals surface area contributed by atoms with Crippen LogP contribution in [0, 0.1) is 5.92 Å². The molecule has 0 bridgehead atoms. The lowest BCUT2D eigenvalue weighted by atomic mass is 9.76. The van der Waals surface area contributed by atoms with Crippen molar-refractivity contribution in [2.45, 2.75) is 57.5 Å². The highest BCUT2D eigenvalue weighted by Gasteiger charge is 2.36. The summed E-state index contributed by atoms with van der Waals surface area (Å²) < 4.78 is 0. The summed E-state index contributed by atoms with van der Waals surface area (Å²) in [7, 11) is 0. The Morgan fingerprint density at radius 1 is 1.45 bits per heavy atom. The summed E-state index contributed by atoms with van der Waals surface area (Å²) in [5.74, 6) is 0.339. The molecular formula is C17H27N3O2. The van der Waals surface area contributed by atoms with Crippen LogP contribution in [0.4, 0.5) is 4.79 Å². The number of rotatable bonds is 5. The zero-order valence-corrected chi connectivity index (χ0v) is 13.5. The molecule has 22 heavy (non-hydrogen) atoms. The lowest BCUT2D eigenvalue weighted by Gasteiger charge is -2.39. The second-order valence-corrected chi connectivity index (χ2v) is 6.52. The van der Waals surface area contributed by atoms with Gasteiger partial charge < -0.3 is 15.7 Å². The number of hydrogen-bond acceptors (Lipinski definition) is 3. The standard InChI is InChI=1S/C17H27N3O2/c1-13(14-7-6-10-18-11-14)19-16(22)20-17(2,12-21)15-8-4-3-5-9-15/h6-7,10-11,13,15,21H,3-5,8-9,12H2,1-2H3,(H2,19,20,22)/t13-,17+/m1/s1. The normalized spacial score (nSPS) is 20.0. The van der Waals surface area contributed by atoms with E-state index in [0.717, 1.165) is 18.4 Å². The summed E-state index contributed by atoms with van der Waals surface area (Å²) in [4.78, 5) is 16.4.